The molecule has 1 aromatic carbocycles. The summed E-state index contributed by atoms with van der Waals surface area (Å²) in [5.41, 5.74) is 5.14. The van der Waals surface area contributed by atoms with Crippen LogP contribution in [-0.2, 0) is 0 Å². The number of aryl methyl sites for hydroxylation is 3. The molecule has 2 heterocycles. The first-order valence-corrected chi connectivity index (χ1v) is 9.80. The molecule has 3 aromatic rings. The summed E-state index contributed by atoms with van der Waals surface area (Å²) in [6.45, 7) is 8.81. The normalized spacial score (nSPS) is 11.9. The molecule has 0 radical (unpaired) electrons. The fourth-order valence-corrected chi connectivity index (χ4v) is 3.82. The van der Waals surface area contributed by atoms with Crippen molar-refractivity contribution in [1.29, 1.82) is 0 Å². The van der Waals surface area contributed by atoms with Crippen molar-refractivity contribution in [2.24, 2.45) is 0 Å². The van der Waals surface area contributed by atoms with Gasteiger partial charge in [0.25, 0.3) is 5.91 Å². The van der Waals surface area contributed by atoms with Crippen LogP contribution in [0, 0.1) is 20.8 Å². The van der Waals surface area contributed by atoms with Crippen LogP contribution in [0.3, 0.4) is 0 Å². The van der Waals surface area contributed by atoms with Gasteiger partial charge in [-0.3, -0.25) is 9.78 Å². The molecule has 0 spiro atoms. The number of carbonyl (C=O) groups is 1. The van der Waals surface area contributed by atoms with Gasteiger partial charge in [0.2, 0.25) is 0 Å². The van der Waals surface area contributed by atoms with E-state index in [-0.39, 0.29) is 11.9 Å². The predicted molar refractivity (Wildman–Crippen MR) is 110 cm³/mol. The lowest BCUT2D eigenvalue weighted by molar-refractivity contribution is 0.0946. The number of anilines is 1. The number of nitrogens with one attached hydrogen (secondary N) is 2. The Morgan fingerprint density at radius 2 is 1.96 bits per heavy atom. The van der Waals surface area contributed by atoms with E-state index in [1.807, 2.05) is 26.0 Å². The van der Waals surface area contributed by atoms with Crippen LogP contribution >= 0.6 is 11.3 Å². The molecule has 5 nitrogen and oxygen atoms in total. The molecule has 0 aliphatic rings. The molecule has 3 rings (SSSR count). The van der Waals surface area contributed by atoms with Crippen molar-refractivity contribution in [1.82, 2.24) is 15.3 Å². The standard InChI is InChI=1S/C21H24N4OS/c1-5-23-21-24-15(4)19(27-21)20(26)25-18(17-7-6-10-22-12-17)16-9-8-13(2)14(3)11-16/h6-12,18H,5H2,1-4H3,(H,23,24)(H,25,26). The van der Waals surface area contributed by atoms with Crippen LogP contribution in [0.5, 0.6) is 0 Å². The number of hydrogen-bond acceptors (Lipinski definition) is 5. The fraction of sp³-hybridized carbons (Fsp3) is 0.286. The summed E-state index contributed by atoms with van der Waals surface area (Å²) in [7, 11) is 0. The van der Waals surface area contributed by atoms with Gasteiger partial charge in [0.1, 0.15) is 4.88 Å². The number of aromatic nitrogens is 2. The number of benzene rings is 1. The van der Waals surface area contributed by atoms with Crippen molar-refractivity contribution >= 4 is 22.4 Å². The topological polar surface area (TPSA) is 66.9 Å². The Morgan fingerprint density at radius 1 is 1.15 bits per heavy atom. The van der Waals surface area contributed by atoms with Crippen LogP contribution in [0.2, 0.25) is 0 Å². The maximum atomic E-state index is 13.0. The van der Waals surface area contributed by atoms with E-state index in [0.717, 1.165) is 28.5 Å². The van der Waals surface area contributed by atoms with Gasteiger partial charge in [0, 0.05) is 18.9 Å². The van der Waals surface area contributed by atoms with Crippen molar-refractivity contribution in [2.45, 2.75) is 33.7 Å². The number of pyridine rings is 1. The van der Waals surface area contributed by atoms with Crippen molar-refractivity contribution in [2.75, 3.05) is 11.9 Å². The number of thiazole rings is 1. The monoisotopic (exact) mass is 380 g/mol. The second-order valence-corrected chi connectivity index (χ2v) is 7.50. The number of carbonyl (C=O) groups excluding carboxylic acids is 1. The van der Waals surface area contributed by atoms with E-state index < -0.39 is 0 Å². The molecule has 1 unspecified atom stereocenters. The van der Waals surface area contributed by atoms with E-state index in [0.29, 0.717) is 4.88 Å². The Hall–Kier alpha value is -2.73. The average molecular weight is 381 g/mol. The maximum Gasteiger partial charge on any atom is 0.264 e. The molecule has 27 heavy (non-hydrogen) atoms. The molecule has 2 N–H and O–H groups in total. The Kier molecular flexibility index (Phi) is 5.86. The van der Waals surface area contributed by atoms with E-state index >= 15 is 0 Å². The minimum atomic E-state index is -0.269. The highest BCUT2D eigenvalue weighted by Crippen LogP contribution is 2.27. The van der Waals surface area contributed by atoms with Gasteiger partial charge >= 0.3 is 0 Å². The second-order valence-electron chi connectivity index (χ2n) is 6.50. The minimum absolute atomic E-state index is 0.124. The third kappa shape index (κ3) is 4.34. The molecule has 2 aromatic heterocycles. The van der Waals surface area contributed by atoms with Crippen LogP contribution in [0.25, 0.3) is 0 Å². The van der Waals surface area contributed by atoms with Gasteiger partial charge in [-0.2, -0.15) is 0 Å². The Morgan fingerprint density at radius 3 is 2.63 bits per heavy atom. The van der Waals surface area contributed by atoms with E-state index in [4.69, 9.17) is 0 Å². The summed E-state index contributed by atoms with van der Waals surface area (Å²) in [4.78, 5) is 22.3. The van der Waals surface area contributed by atoms with E-state index in [2.05, 4.69) is 52.6 Å². The third-order valence-corrected chi connectivity index (χ3v) is 5.60. The van der Waals surface area contributed by atoms with Crippen molar-refractivity contribution in [3.8, 4) is 0 Å². The predicted octanol–water partition coefficient (Wildman–Crippen LogP) is 4.41. The highest BCUT2D eigenvalue weighted by Gasteiger charge is 2.22. The lowest BCUT2D eigenvalue weighted by Crippen LogP contribution is -2.29. The molecule has 0 saturated heterocycles. The largest absolute Gasteiger partial charge is 0.362 e. The fourth-order valence-electron chi connectivity index (χ4n) is 2.88. The van der Waals surface area contributed by atoms with Gasteiger partial charge in [-0.25, -0.2) is 4.98 Å². The van der Waals surface area contributed by atoms with E-state index in [1.54, 1.807) is 12.4 Å². The molecule has 1 amide bonds. The van der Waals surface area contributed by atoms with Crippen LogP contribution in [0.15, 0.2) is 42.7 Å². The molecule has 0 saturated carbocycles. The van der Waals surface area contributed by atoms with Gasteiger partial charge in [0.15, 0.2) is 5.13 Å². The van der Waals surface area contributed by atoms with E-state index in [1.165, 1.54) is 22.5 Å². The van der Waals surface area contributed by atoms with Gasteiger partial charge in [-0.05, 0) is 56.0 Å². The van der Waals surface area contributed by atoms with Gasteiger partial charge < -0.3 is 10.6 Å². The lowest BCUT2D eigenvalue weighted by Gasteiger charge is -2.20. The summed E-state index contributed by atoms with van der Waals surface area (Å²) in [6.07, 6.45) is 3.53. The Balaban J connectivity index is 1.94. The quantitative estimate of drug-likeness (QED) is 0.664. The molecule has 1 atom stereocenters. The molecule has 0 aliphatic heterocycles. The van der Waals surface area contributed by atoms with E-state index in [9.17, 15) is 4.79 Å². The maximum absolute atomic E-state index is 13.0. The average Bonchev–Trinajstić information content (AvgIpc) is 3.03. The summed E-state index contributed by atoms with van der Waals surface area (Å²) in [5.74, 6) is -0.124. The molecule has 0 bridgehead atoms. The molecule has 6 heteroatoms. The van der Waals surface area contributed by atoms with Gasteiger partial charge in [-0.15, -0.1) is 0 Å². The summed E-state index contributed by atoms with van der Waals surface area (Å²) < 4.78 is 0. The molecule has 0 fully saturated rings. The summed E-state index contributed by atoms with van der Waals surface area (Å²) in [6, 6.07) is 9.87. The minimum Gasteiger partial charge on any atom is -0.362 e. The Bertz CT molecular complexity index is 937. The van der Waals surface area contributed by atoms with Crippen molar-refractivity contribution in [3.63, 3.8) is 0 Å². The first-order valence-electron chi connectivity index (χ1n) is 8.98. The van der Waals surface area contributed by atoms with Gasteiger partial charge in [0.05, 0.1) is 11.7 Å². The zero-order valence-corrected chi connectivity index (χ0v) is 16.9. The number of rotatable bonds is 6. The zero-order valence-electron chi connectivity index (χ0n) is 16.0. The molecular weight excluding hydrogens is 356 g/mol. The van der Waals surface area contributed by atoms with Crippen LogP contribution in [0.1, 0.15) is 50.6 Å². The highest BCUT2D eigenvalue weighted by molar-refractivity contribution is 7.17. The van der Waals surface area contributed by atoms with Crippen LogP contribution in [-0.4, -0.2) is 22.4 Å². The highest BCUT2D eigenvalue weighted by atomic mass is 32.1. The van der Waals surface area contributed by atoms with Gasteiger partial charge in [-0.1, -0.05) is 35.6 Å². The summed E-state index contributed by atoms with van der Waals surface area (Å²) in [5, 5.41) is 7.11. The first-order chi connectivity index (χ1) is 13.0. The van der Waals surface area contributed by atoms with Crippen molar-refractivity contribution in [3.05, 3.63) is 75.6 Å². The van der Waals surface area contributed by atoms with Crippen LogP contribution in [0.4, 0.5) is 5.13 Å². The third-order valence-electron chi connectivity index (χ3n) is 4.49. The second kappa shape index (κ2) is 8.31. The van der Waals surface area contributed by atoms with Crippen LogP contribution < -0.4 is 10.6 Å². The van der Waals surface area contributed by atoms with Crippen molar-refractivity contribution < 1.29 is 4.79 Å². The summed E-state index contributed by atoms with van der Waals surface area (Å²) >= 11 is 1.38. The number of nitrogens with zero attached hydrogens (tertiary/aromatic N) is 2. The molecule has 0 aliphatic carbocycles. The molecular formula is C21H24N4OS. The number of amides is 1. The SMILES string of the molecule is CCNc1nc(C)c(C(=O)NC(c2cccnc2)c2ccc(C)c(C)c2)s1. The zero-order chi connectivity index (χ0) is 19.4. The smallest absolute Gasteiger partial charge is 0.264 e. The first kappa shape index (κ1) is 19.0. The number of hydrogen-bond donors (Lipinski definition) is 2. The Labute approximate surface area is 163 Å². The lowest BCUT2D eigenvalue weighted by atomic mass is 9.96. The molecule has 140 valence electrons.